The van der Waals surface area contributed by atoms with Crippen LogP contribution >= 0.6 is 11.8 Å². The fourth-order valence-corrected chi connectivity index (χ4v) is 4.52. The molecule has 1 unspecified atom stereocenters. The molecule has 0 saturated carbocycles. The second-order valence-electron chi connectivity index (χ2n) is 8.52. The van der Waals surface area contributed by atoms with Crippen molar-refractivity contribution in [1.82, 2.24) is 15.8 Å². The van der Waals surface area contributed by atoms with Gasteiger partial charge >= 0.3 is 12.5 Å². The summed E-state index contributed by atoms with van der Waals surface area (Å²) in [6.07, 6.45) is -3.88. The van der Waals surface area contributed by atoms with Crippen LogP contribution in [0.4, 0.5) is 18.0 Å². The maximum Gasteiger partial charge on any atom is 0.573 e. The number of carbonyl (C=O) groups is 3. The zero-order chi connectivity index (χ0) is 25.3. The number of Topliss-reactive ketones (excluding diaryl/α,β-unsaturated/α-hetero) is 1. The number of alkyl halides is 3. The van der Waals surface area contributed by atoms with Crippen LogP contribution in [0.2, 0.25) is 0 Å². The minimum absolute atomic E-state index is 0.132. The maximum atomic E-state index is 13.3. The van der Waals surface area contributed by atoms with E-state index in [-0.39, 0.29) is 35.1 Å². The molecule has 0 spiro atoms. The number of hydrogen-bond donors (Lipinski definition) is 2. The van der Waals surface area contributed by atoms with Crippen molar-refractivity contribution in [2.75, 3.05) is 12.9 Å². The Morgan fingerprint density at radius 2 is 1.82 bits per heavy atom. The topological polar surface area (TPSA) is 97.0 Å². The molecule has 8 nitrogen and oxygen atoms in total. The van der Waals surface area contributed by atoms with Gasteiger partial charge in [0.1, 0.15) is 17.0 Å². The van der Waals surface area contributed by atoms with Crippen LogP contribution in [0.1, 0.15) is 26.3 Å². The zero-order valence-corrected chi connectivity index (χ0v) is 19.7. The molecule has 1 aliphatic carbocycles. The number of nitrogens with zero attached hydrogens (tertiary/aromatic N) is 1. The quantitative estimate of drug-likeness (QED) is 0.638. The number of carbonyl (C=O) groups excluding carboxylic acids is 3. The van der Waals surface area contributed by atoms with Gasteiger partial charge in [-0.2, -0.15) is 0 Å². The molecular weight excluding hydrogens is 475 g/mol. The summed E-state index contributed by atoms with van der Waals surface area (Å²) < 4.78 is 46.3. The van der Waals surface area contributed by atoms with Gasteiger partial charge < -0.3 is 14.8 Å². The van der Waals surface area contributed by atoms with E-state index in [1.165, 1.54) is 36.0 Å². The highest BCUT2D eigenvalue weighted by Crippen LogP contribution is 2.42. The van der Waals surface area contributed by atoms with Crippen LogP contribution in [-0.2, 0) is 20.7 Å². The third kappa shape index (κ3) is 6.25. The molecular formula is C22H24F3N3O5S. The van der Waals surface area contributed by atoms with Gasteiger partial charge in [0, 0.05) is 13.0 Å². The summed E-state index contributed by atoms with van der Waals surface area (Å²) in [4.78, 5) is 38.6. The van der Waals surface area contributed by atoms with E-state index < -0.39 is 29.9 Å². The molecule has 34 heavy (non-hydrogen) atoms. The number of rotatable bonds is 5. The Labute approximate surface area is 198 Å². The standard InChI is InChI=1S/C22H24F3N3O5S/c1-21(2,3)33-20(31)27-28-11-34-18-15(19(30)26-4)10-13(17(29)16(18)28)9-12-5-7-14(8-6-12)32-22(23,24)25/h5-8,10,13H,9,11H2,1-4H3,(H,26,30)(H,27,31). The molecule has 1 aromatic rings. The molecule has 1 heterocycles. The molecule has 12 heteroatoms. The molecule has 1 atom stereocenters. The molecule has 0 saturated heterocycles. The molecule has 2 amide bonds. The summed E-state index contributed by atoms with van der Waals surface area (Å²) >= 11 is 1.23. The number of ketones is 1. The van der Waals surface area contributed by atoms with Crippen LogP contribution in [0.3, 0.4) is 0 Å². The van der Waals surface area contributed by atoms with E-state index in [0.717, 1.165) is 12.1 Å². The van der Waals surface area contributed by atoms with E-state index in [1.807, 2.05) is 0 Å². The van der Waals surface area contributed by atoms with Crippen LogP contribution in [0, 0.1) is 5.92 Å². The van der Waals surface area contributed by atoms with Gasteiger partial charge in [-0.05, 0) is 44.9 Å². The van der Waals surface area contributed by atoms with Crippen LogP contribution in [0.5, 0.6) is 5.75 Å². The number of nitrogens with one attached hydrogen (secondary N) is 2. The van der Waals surface area contributed by atoms with Crippen molar-refractivity contribution in [1.29, 1.82) is 0 Å². The third-order valence-electron chi connectivity index (χ3n) is 4.71. The van der Waals surface area contributed by atoms with Crippen LogP contribution in [0.15, 0.2) is 46.5 Å². The summed E-state index contributed by atoms with van der Waals surface area (Å²) in [6.45, 7) is 5.11. The van der Waals surface area contributed by atoms with Gasteiger partial charge in [0.05, 0.1) is 16.4 Å². The molecule has 0 radical (unpaired) electrons. The average molecular weight is 500 g/mol. The molecule has 1 aromatic carbocycles. The van der Waals surface area contributed by atoms with Gasteiger partial charge in [0.25, 0.3) is 5.91 Å². The summed E-state index contributed by atoms with van der Waals surface area (Å²) in [5.74, 6) is -1.69. The molecule has 1 aliphatic heterocycles. The van der Waals surface area contributed by atoms with E-state index >= 15 is 0 Å². The van der Waals surface area contributed by atoms with Gasteiger partial charge in [0.15, 0.2) is 5.78 Å². The summed E-state index contributed by atoms with van der Waals surface area (Å²) in [6, 6.07) is 5.16. The smallest absolute Gasteiger partial charge is 0.443 e. The first-order valence-corrected chi connectivity index (χ1v) is 11.2. The van der Waals surface area contributed by atoms with Crippen molar-refractivity contribution >= 4 is 29.5 Å². The van der Waals surface area contributed by atoms with Crippen LogP contribution < -0.4 is 15.5 Å². The van der Waals surface area contributed by atoms with Crippen LogP contribution in [0.25, 0.3) is 0 Å². The Kier molecular flexibility index (Phi) is 7.20. The Morgan fingerprint density at radius 1 is 1.18 bits per heavy atom. The molecule has 0 fully saturated rings. The number of hydrazine groups is 1. The van der Waals surface area contributed by atoms with Crippen molar-refractivity contribution in [3.8, 4) is 5.75 Å². The molecule has 0 aromatic heterocycles. The van der Waals surface area contributed by atoms with Crippen molar-refractivity contribution in [2.45, 2.75) is 39.2 Å². The lowest BCUT2D eigenvalue weighted by Crippen LogP contribution is -2.45. The van der Waals surface area contributed by atoms with Gasteiger partial charge in [-0.15, -0.1) is 13.2 Å². The fraction of sp³-hybridized carbons (Fsp3) is 0.409. The second kappa shape index (κ2) is 9.61. The molecule has 3 rings (SSSR count). The van der Waals surface area contributed by atoms with E-state index in [1.54, 1.807) is 26.8 Å². The number of allylic oxidation sites excluding steroid dienone is 2. The number of likely N-dealkylation sites (N-methyl/N-ethyl adjacent to an activating group) is 1. The molecule has 184 valence electrons. The Morgan fingerprint density at radius 3 is 2.38 bits per heavy atom. The lowest BCUT2D eigenvalue weighted by Gasteiger charge is -2.28. The van der Waals surface area contributed by atoms with Gasteiger partial charge in [-0.25, -0.2) is 10.2 Å². The molecule has 2 N–H and O–H groups in total. The van der Waals surface area contributed by atoms with E-state index in [9.17, 15) is 27.6 Å². The first-order valence-electron chi connectivity index (χ1n) is 10.2. The highest BCUT2D eigenvalue weighted by Gasteiger charge is 2.40. The predicted octanol–water partition coefficient (Wildman–Crippen LogP) is 3.66. The maximum absolute atomic E-state index is 13.3. The van der Waals surface area contributed by atoms with Gasteiger partial charge in [-0.3, -0.25) is 14.6 Å². The predicted molar refractivity (Wildman–Crippen MR) is 118 cm³/mol. The average Bonchev–Trinajstić information content (AvgIpc) is 3.12. The highest BCUT2D eigenvalue weighted by atomic mass is 32.2. The number of ether oxygens (including phenoxy) is 2. The first kappa shape index (κ1) is 25.5. The van der Waals surface area contributed by atoms with Crippen molar-refractivity contribution < 1.29 is 37.0 Å². The van der Waals surface area contributed by atoms with Gasteiger partial charge in [-0.1, -0.05) is 30.0 Å². The molecule has 0 bridgehead atoms. The van der Waals surface area contributed by atoms with E-state index in [4.69, 9.17) is 4.74 Å². The lowest BCUT2D eigenvalue weighted by atomic mass is 9.86. The fourth-order valence-electron chi connectivity index (χ4n) is 3.41. The zero-order valence-electron chi connectivity index (χ0n) is 18.9. The number of thioether (sulfide) groups is 1. The number of halogens is 3. The van der Waals surface area contributed by atoms with Crippen molar-refractivity contribution in [2.24, 2.45) is 5.92 Å². The summed E-state index contributed by atoms with van der Waals surface area (Å²) in [5.41, 5.74) is 2.83. The Bertz CT molecular complexity index is 1050. The van der Waals surface area contributed by atoms with E-state index in [2.05, 4.69) is 15.5 Å². The van der Waals surface area contributed by atoms with Crippen molar-refractivity contribution in [3.63, 3.8) is 0 Å². The normalized spacial score (nSPS) is 18.3. The largest absolute Gasteiger partial charge is 0.573 e. The minimum Gasteiger partial charge on any atom is -0.443 e. The Hall–Kier alpha value is -3.15. The lowest BCUT2D eigenvalue weighted by molar-refractivity contribution is -0.274. The van der Waals surface area contributed by atoms with Crippen LogP contribution in [-0.4, -0.2) is 47.7 Å². The second-order valence-corrected chi connectivity index (χ2v) is 9.47. The highest BCUT2D eigenvalue weighted by molar-refractivity contribution is 8.03. The Balaban J connectivity index is 1.84. The summed E-state index contributed by atoms with van der Waals surface area (Å²) in [5, 5.41) is 3.89. The SMILES string of the molecule is CNC(=O)C1=CC(Cc2ccc(OC(F)(F)F)cc2)C(=O)C2=C1SCN2NC(=O)OC(C)(C)C. The monoisotopic (exact) mass is 499 g/mol. The number of amides is 2. The van der Waals surface area contributed by atoms with E-state index in [0.29, 0.717) is 10.5 Å². The van der Waals surface area contributed by atoms with Crippen molar-refractivity contribution in [3.05, 3.63) is 52.1 Å². The van der Waals surface area contributed by atoms with Gasteiger partial charge in [0.2, 0.25) is 0 Å². The third-order valence-corrected chi connectivity index (χ3v) is 5.80. The number of hydrogen-bond acceptors (Lipinski definition) is 7. The molecule has 2 aliphatic rings. The first-order chi connectivity index (χ1) is 15.8. The minimum atomic E-state index is -4.81. The summed E-state index contributed by atoms with van der Waals surface area (Å²) in [7, 11) is 1.46. The number of benzene rings is 1.